The van der Waals surface area contributed by atoms with Gasteiger partial charge in [-0.25, -0.2) is 13.4 Å². The van der Waals surface area contributed by atoms with E-state index < -0.39 is 15.2 Å². The van der Waals surface area contributed by atoms with E-state index in [1.165, 1.54) is 10.6 Å². The Kier molecular flexibility index (Phi) is 5.57. The van der Waals surface area contributed by atoms with E-state index in [1.807, 2.05) is 24.3 Å². The van der Waals surface area contributed by atoms with Gasteiger partial charge >= 0.3 is 0 Å². The zero-order valence-electron chi connectivity index (χ0n) is 15.9. The summed E-state index contributed by atoms with van der Waals surface area (Å²) in [5.74, 6) is 2.09. The van der Waals surface area contributed by atoms with Crippen LogP contribution in [0.4, 0.5) is 5.82 Å². The number of alkyl halides is 1. The Labute approximate surface area is 173 Å². The molecule has 29 heavy (non-hydrogen) atoms. The van der Waals surface area contributed by atoms with Crippen LogP contribution in [0.15, 0.2) is 36.8 Å². The normalized spacial score (nSPS) is 16.1. The number of anilines is 1. The van der Waals surface area contributed by atoms with Crippen molar-refractivity contribution in [2.75, 3.05) is 43.4 Å². The van der Waals surface area contributed by atoms with E-state index in [0.717, 1.165) is 22.7 Å². The molecule has 0 spiro atoms. The Hall–Kier alpha value is -2.43. The SMILES string of the molecule is COc1ccc(-c2cnc3ncnn3c2N2CCCN(S(=O)(=O)CCl)CC2)cc1. The van der Waals surface area contributed by atoms with E-state index in [-0.39, 0.29) is 0 Å². The topological polar surface area (TPSA) is 92.9 Å². The van der Waals surface area contributed by atoms with Gasteiger partial charge in [0.25, 0.3) is 5.78 Å². The van der Waals surface area contributed by atoms with Gasteiger partial charge in [-0.15, -0.1) is 11.6 Å². The van der Waals surface area contributed by atoms with Crippen LogP contribution in [-0.4, -0.2) is 70.8 Å². The highest BCUT2D eigenvalue weighted by atomic mass is 35.5. The number of nitrogens with zero attached hydrogens (tertiary/aromatic N) is 6. The van der Waals surface area contributed by atoms with Crippen molar-refractivity contribution < 1.29 is 13.2 Å². The summed E-state index contributed by atoms with van der Waals surface area (Å²) in [7, 11) is -1.81. The van der Waals surface area contributed by atoms with Crippen molar-refractivity contribution in [3.05, 3.63) is 36.8 Å². The molecule has 1 aliphatic rings. The van der Waals surface area contributed by atoms with Gasteiger partial charge in [0.2, 0.25) is 10.0 Å². The molecule has 0 bridgehead atoms. The third kappa shape index (κ3) is 3.87. The molecule has 2 aromatic heterocycles. The molecule has 0 aliphatic carbocycles. The molecule has 0 amide bonds. The van der Waals surface area contributed by atoms with Crippen molar-refractivity contribution in [3.63, 3.8) is 0 Å². The van der Waals surface area contributed by atoms with E-state index >= 15 is 0 Å². The van der Waals surface area contributed by atoms with E-state index in [1.54, 1.807) is 17.8 Å². The summed E-state index contributed by atoms with van der Waals surface area (Å²) in [6, 6.07) is 7.71. The first-order valence-corrected chi connectivity index (χ1v) is 11.3. The largest absolute Gasteiger partial charge is 0.497 e. The highest BCUT2D eigenvalue weighted by Crippen LogP contribution is 2.32. The maximum absolute atomic E-state index is 12.2. The Balaban J connectivity index is 1.75. The molecular formula is C18H21ClN6O3S. The quantitative estimate of drug-likeness (QED) is 0.563. The molecule has 1 saturated heterocycles. The number of halogens is 1. The van der Waals surface area contributed by atoms with Crippen LogP contribution in [0.2, 0.25) is 0 Å². The van der Waals surface area contributed by atoms with Crippen LogP contribution in [0.3, 0.4) is 0 Å². The second-order valence-electron chi connectivity index (χ2n) is 6.66. The Bertz CT molecular complexity index is 1100. The van der Waals surface area contributed by atoms with E-state index in [0.29, 0.717) is 38.4 Å². The van der Waals surface area contributed by atoms with Crippen LogP contribution in [0.1, 0.15) is 6.42 Å². The highest BCUT2D eigenvalue weighted by molar-refractivity contribution is 7.90. The molecule has 0 saturated carbocycles. The van der Waals surface area contributed by atoms with Crippen molar-refractivity contribution in [3.8, 4) is 16.9 Å². The molecule has 1 aromatic carbocycles. The molecule has 0 N–H and O–H groups in total. The molecule has 3 aromatic rings. The van der Waals surface area contributed by atoms with Crippen molar-refractivity contribution in [1.29, 1.82) is 0 Å². The number of sulfonamides is 1. The minimum Gasteiger partial charge on any atom is -0.497 e. The standard InChI is InChI=1S/C18H21ClN6O3S/c1-28-15-5-3-14(4-6-15)16-11-20-18-21-13-22-25(18)17(16)23-7-2-8-24(10-9-23)29(26,27)12-19/h3-6,11,13H,2,7-10,12H2,1H3. The van der Waals surface area contributed by atoms with Gasteiger partial charge in [-0.2, -0.15) is 18.9 Å². The van der Waals surface area contributed by atoms with Crippen LogP contribution in [0, 0.1) is 0 Å². The monoisotopic (exact) mass is 436 g/mol. The fourth-order valence-electron chi connectivity index (χ4n) is 3.50. The zero-order valence-corrected chi connectivity index (χ0v) is 17.5. The summed E-state index contributed by atoms with van der Waals surface area (Å²) in [6.45, 7) is 1.99. The average Bonchev–Trinajstić information content (AvgIpc) is 3.09. The number of hydrogen-bond donors (Lipinski definition) is 0. The molecule has 1 aliphatic heterocycles. The number of benzene rings is 1. The lowest BCUT2D eigenvalue weighted by atomic mass is 10.1. The number of aromatic nitrogens is 4. The van der Waals surface area contributed by atoms with Crippen molar-refractivity contribution in [2.24, 2.45) is 0 Å². The second kappa shape index (κ2) is 8.13. The number of ether oxygens (including phenoxy) is 1. The number of methoxy groups -OCH3 is 1. The van der Waals surface area contributed by atoms with Crippen LogP contribution in [0.5, 0.6) is 5.75 Å². The molecule has 4 rings (SSSR count). The molecule has 154 valence electrons. The van der Waals surface area contributed by atoms with Crippen LogP contribution < -0.4 is 9.64 Å². The summed E-state index contributed by atoms with van der Waals surface area (Å²) < 4.78 is 32.8. The van der Waals surface area contributed by atoms with Gasteiger partial charge in [-0.3, -0.25) is 0 Å². The predicted molar refractivity (Wildman–Crippen MR) is 111 cm³/mol. The molecule has 0 radical (unpaired) electrons. The molecule has 3 heterocycles. The van der Waals surface area contributed by atoms with Crippen LogP contribution in [-0.2, 0) is 10.0 Å². The van der Waals surface area contributed by atoms with E-state index in [4.69, 9.17) is 16.3 Å². The van der Waals surface area contributed by atoms with E-state index in [9.17, 15) is 8.42 Å². The summed E-state index contributed by atoms with van der Waals surface area (Å²) in [6.07, 6.45) is 3.92. The third-order valence-corrected chi connectivity index (χ3v) is 7.22. The molecule has 0 atom stereocenters. The smallest absolute Gasteiger partial charge is 0.254 e. The van der Waals surface area contributed by atoms with Gasteiger partial charge in [0.15, 0.2) is 0 Å². The van der Waals surface area contributed by atoms with Crippen LogP contribution in [0.25, 0.3) is 16.9 Å². The minimum atomic E-state index is -3.44. The number of hydrogen-bond acceptors (Lipinski definition) is 7. The number of rotatable bonds is 5. The summed E-state index contributed by atoms with van der Waals surface area (Å²) in [5.41, 5.74) is 1.85. The zero-order chi connectivity index (χ0) is 20.4. The first kappa shape index (κ1) is 19.9. The summed E-state index contributed by atoms with van der Waals surface area (Å²) >= 11 is 5.64. The first-order valence-electron chi connectivity index (χ1n) is 9.15. The van der Waals surface area contributed by atoms with Gasteiger partial charge in [-0.05, 0) is 24.1 Å². The Morgan fingerprint density at radius 2 is 1.90 bits per heavy atom. The number of fused-ring (bicyclic) bond motifs is 1. The molecular weight excluding hydrogens is 416 g/mol. The van der Waals surface area contributed by atoms with Crippen molar-refractivity contribution >= 4 is 33.2 Å². The van der Waals surface area contributed by atoms with Gasteiger partial charge in [0.1, 0.15) is 23.1 Å². The second-order valence-corrected chi connectivity index (χ2v) is 9.21. The van der Waals surface area contributed by atoms with Gasteiger partial charge in [0, 0.05) is 37.9 Å². The molecule has 11 heteroatoms. The van der Waals surface area contributed by atoms with E-state index in [2.05, 4.69) is 20.0 Å². The lowest BCUT2D eigenvalue weighted by Crippen LogP contribution is -2.36. The highest BCUT2D eigenvalue weighted by Gasteiger charge is 2.27. The first-order chi connectivity index (χ1) is 14.0. The minimum absolute atomic E-state index is 0.357. The van der Waals surface area contributed by atoms with Crippen molar-refractivity contribution in [1.82, 2.24) is 23.9 Å². The molecule has 1 fully saturated rings. The lowest BCUT2D eigenvalue weighted by molar-refractivity contribution is 0.415. The lowest BCUT2D eigenvalue weighted by Gasteiger charge is -2.25. The van der Waals surface area contributed by atoms with Gasteiger partial charge < -0.3 is 9.64 Å². The maximum atomic E-state index is 12.2. The molecule has 9 nitrogen and oxygen atoms in total. The Morgan fingerprint density at radius 1 is 1.10 bits per heavy atom. The van der Waals surface area contributed by atoms with Crippen LogP contribution >= 0.6 is 11.6 Å². The maximum Gasteiger partial charge on any atom is 0.254 e. The fraction of sp³-hybridized carbons (Fsp3) is 0.389. The third-order valence-electron chi connectivity index (χ3n) is 4.97. The fourth-order valence-corrected chi connectivity index (χ4v) is 4.82. The van der Waals surface area contributed by atoms with Crippen molar-refractivity contribution in [2.45, 2.75) is 6.42 Å². The van der Waals surface area contributed by atoms with Gasteiger partial charge in [-0.1, -0.05) is 12.1 Å². The molecule has 0 unspecified atom stereocenters. The van der Waals surface area contributed by atoms with Gasteiger partial charge in [0.05, 0.1) is 7.11 Å². The predicted octanol–water partition coefficient (Wildman–Crippen LogP) is 1.84. The Morgan fingerprint density at radius 3 is 2.62 bits per heavy atom. The summed E-state index contributed by atoms with van der Waals surface area (Å²) in [5, 5.41) is 3.94. The average molecular weight is 437 g/mol. The summed E-state index contributed by atoms with van der Waals surface area (Å²) in [4.78, 5) is 10.7.